The fourth-order valence-electron chi connectivity index (χ4n) is 5.11. The predicted octanol–water partition coefficient (Wildman–Crippen LogP) is 2.54. The highest BCUT2D eigenvalue weighted by Gasteiger charge is 2.50. The van der Waals surface area contributed by atoms with E-state index in [0.29, 0.717) is 18.0 Å². The Morgan fingerprint density at radius 2 is 1.83 bits per heavy atom. The molecule has 1 aromatic rings. The van der Waals surface area contributed by atoms with Gasteiger partial charge in [-0.3, -0.25) is 24.6 Å². The molecule has 1 aromatic carbocycles. The maximum Gasteiger partial charge on any atom is 0.325 e. The fraction of sp³-hybridized carbons (Fsp3) is 0.571. The number of urea groups is 1. The molecule has 4 amide bonds. The number of non-ortho nitro benzene ring substituents is 1. The van der Waals surface area contributed by atoms with Gasteiger partial charge in [0, 0.05) is 24.7 Å². The quantitative estimate of drug-likeness (QED) is 0.462. The molecule has 1 saturated carbocycles. The molecule has 1 N–H and O–H groups in total. The second-order valence-corrected chi connectivity index (χ2v) is 8.59. The minimum Gasteiger partial charge on any atom is -0.338 e. The molecule has 160 valence electrons. The number of hydrogen-bond donors (Lipinski definition) is 1. The molecule has 2 heterocycles. The van der Waals surface area contributed by atoms with Crippen molar-refractivity contribution in [3.05, 3.63) is 39.9 Å². The molecule has 4 rings (SSSR count). The average Bonchev–Trinajstić information content (AvgIpc) is 2.97. The number of benzene rings is 1. The zero-order valence-electron chi connectivity index (χ0n) is 17.0. The SMILES string of the molecule is CC1(c2ccc([N+](=O)[O-])cc2)NC(=O)N(CC(=O)N2CCCC3CCCCC32)C1=O. The molecule has 9 nitrogen and oxygen atoms in total. The molecular formula is C21H26N4O5. The maximum absolute atomic E-state index is 13.1. The molecule has 1 aliphatic carbocycles. The van der Waals surface area contributed by atoms with Crippen molar-refractivity contribution < 1.29 is 19.3 Å². The van der Waals surface area contributed by atoms with E-state index in [1.807, 2.05) is 4.90 Å². The van der Waals surface area contributed by atoms with E-state index in [4.69, 9.17) is 0 Å². The first kappa shape index (κ1) is 20.3. The Kier molecular flexibility index (Phi) is 5.21. The number of nitro benzene ring substituents is 1. The lowest BCUT2D eigenvalue weighted by Gasteiger charge is -2.44. The number of hydrogen-bond acceptors (Lipinski definition) is 5. The van der Waals surface area contributed by atoms with Crippen molar-refractivity contribution in [2.75, 3.05) is 13.1 Å². The van der Waals surface area contributed by atoms with E-state index in [9.17, 15) is 24.5 Å². The molecule has 0 aromatic heterocycles. The molecule has 0 bridgehead atoms. The summed E-state index contributed by atoms with van der Waals surface area (Å²) in [5.74, 6) is -0.195. The van der Waals surface area contributed by atoms with Gasteiger partial charge in [-0.1, -0.05) is 12.8 Å². The van der Waals surface area contributed by atoms with Crippen molar-refractivity contribution in [1.29, 1.82) is 0 Å². The number of piperidine rings is 1. The standard InChI is InChI=1S/C21H26N4O5/c1-21(15-8-10-16(11-9-15)25(29)30)19(27)24(20(28)22-21)13-18(26)23-12-4-6-14-5-2-3-7-17(14)23/h8-11,14,17H,2-7,12-13H2,1H3,(H,22,28). The number of amides is 4. The van der Waals surface area contributed by atoms with Gasteiger partial charge in [0.15, 0.2) is 0 Å². The Bertz CT molecular complexity index is 884. The molecule has 30 heavy (non-hydrogen) atoms. The molecule has 0 radical (unpaired) electrons. The van der Waals surface area contributed by atoms with Gasteiger partial charge in [0.05, 0.1) is 4.92 Å². The molecule has 2 aliphatic heterocycles. The largest absolute Gasteiger partial charge is 0.338 e. The van der Waals surface area contributed by atoms with Gasteiger partial charge in [0.25, 0.3) is 11.6 Å². The highest BCUT2D eigenvalue weighted by molar-refractivity contribution is 6.09. The van der Waals surface area contributed by atoms with Crippen LogP contribution in [0, 0.1) is 16.0 Å². The number of nitro groups is 1. The number of nitrogens with zero attached hydrogens (tertiary/aromatic N) is 3. The van der Waals surface area contributed by atoms with E-state index in [2.05, 4.69) is 5.32 Å². The van der Waals surface area contributed by atoms with Crippen LogP contribution in [-0.4, -0.2) is 51.7 Å². The van der Waals surface area contributed by atoms with Crippen LogP contribution in [0.5, 0.6) is 0 Å². The second-order valence-electron chi connectivity index (χ2n) is 8.59. The van der Waals surface area contributed by atoms with Crippen molar-refractivity contribution in [3.63, 3.8) is 0 Å². The number of fused-ring (bicyclic) bond motifs is 1. The smallest absolute Gasteiger partial charge is 0.325 e. The Balaban J connectivity index is 1.50. The fourth-order valence-corrected chi connectivity index (χ4v) is 5.11. The average molecular weight is 414 g/mol. The molecule has 3 aliphatic rings. The number of imide groups is 1. The predicted molar refractivity (Wildman–Crippen MR) is 107 cm³/mol. The summed E-state index contributed by atoms with van der Waals surface area (Å²) in [5.41, 5.74) is -1.02. The highest BCUT2D eigenvalue weighted by Crippen LogP contribution is 2.36. The third-order valence-corrected chi connectivity index (χ3v) is 6.79. The summed E-state index contributed by atoms with van der Waals surface area (Å²) in [5, 5.41) is 13.5. The van der Waals surface area contributed by atoms with Crippen LogP contribution in [0.25, 0.3) is 0 Å². The summed E-state index contributed by atoms with van der Waals surface area (Å²) in [6.45, 7) is 1.94. The van der Waals surface area contributed by atoms with Crippen molar-refractivity contribution in [2.24, 2.45) is 5.92 Å². The van der Waals surface area contributed by atoms with Crippen molar-refractivity contribution in [3.8, 4) is 0 Å². The van der Waals surface area contributed by atoms with Gasteiger partial charge in [-0.2, -0.15) is 0 Å². The number of nitrogens with one attached hydrogen (secondary N) is 1. The van der Waals surface area contributed by atoms with E-state index in [-0.39, 0.29) is 24.2 Å². The summed E-state index contributed by atoms with van der Waals surface area (Å²) in [7, 11) is 0. The zero-order valence-corrected chi connectivity index (χ0v) is 17.0. The van der Waals surface area contributed by atoms with Crippen molar-refractivity contribution in [1.82, 2.24) is 15.1 Å². The van der Waals surface area contributed by atoms with Gasteiger partial charge in [-0.15, -0.1) is 0 Å². The minimum atomic E-state index is -1.36. The van der Waals surface area contributed by atoms with Gasteiger partial charge in [0.2, 0.25) is 5.91 Å². The van der Waals surface area contributed by atoms with Crippen LogP contribution < -0.4 is 5.32 Å². The van der Waals surface area contributed by atoms with Crippen molar-refractivity contribution >= 4 is 23.5 Å². The lowest BCUT2D eigenvalue weighted by atomic mass is 9.78. The van der Waals surface area contributed by atoms with Gasteiger partial charge >= 0.3 is 6.03 Å². The topological polar surface area (TPSA) is 113 Å². The zero-order chi connectivity index (χ0) is 21.5. The molecule has 3 fully saturated rings. The van der Waals surface area contributed by atoms with E-state index >= 15 is 0 Å². The molecule has 3 unspecified atom stereocenters. The Labute approximate surface area is 174 Å². The van der Waals surface area contributed by atoms with Gasteiger partial charge in [0.1, 0.15) is 12.1 Å². The van der Waals surface area contributed by atoms with Gasteiger partial charge < -0.3 is 10.2 Å². The van der Waals surface area contributed by atoms with Crippen LogP contribution >= 0.6 is 0 Å². The Hall–Kier alpha value is -2.97. The van der Waals surface area contributed by atoms with Crippen LogP contribution in [0.2, 0.25) is 0 Å². The monoisotopic (exact) mass is 414 g/mol. The third kappa shape index (κ3) is 3.42. The number of likely N-dealkylation sites (tertiary alicyclic amines) is 1. The first-order valence-electron chi connectivity index (χ1n) is 10.5. The van der Waals surface area contributed by atoms with Gasteiger partial charge in [-0.05, 0) is 56.2 Å². The number of carbonyl (C=O) groups is 3. The van der Waals surface area contributed by atoms with Crippen LogP contribution in [0.3, 0.4) is 0 Å². The second kappa shape index (κ2) is 7.70. The summed E-state index contributed by atoms with van der Waals surface area (Å²) >= 11 is 0. The Morgan fingerprint density at radius 3 is 2.53 bits per heavy atom. The van der Waals surface area contributed by atoms with Crippen LogP contribution in [-0.2, 0) is 15.1 Å². The van der Waals surface area contributed by atoms with E-state index in [0.717, 1.165) is 37.0 Å². The molecule has 2 saturated heterocycles. The number of rotatable bonds is 4. The Morgan fingerprint density at radius 1 is 1.17 bits per heavy atom. The summed E-state index contributed by atoms with van der Waals surface area (Å²) in [6.07, 6.45) is 6.51. The normalized spacial score (nSPS) is 28.8. The van der Waals surface area contributed by atoms with Crippen LogP contribution in [0.4, 0.5) is 10.5 Å². The van der Waals surface area contributed by atoms with E-state index in [1.165, 1.54) is 30.7 Å². The minimum absolute atomic E-state index is 0.0988. The first-order chi connectivity index (χ1) is 14.3. The highest BCUT2D eigenvalue weighted by atomic mass is 16.6. The van der Waals surface area contributed by atoms with Crippen LogP contribution in [0.1, 0.15) is 51.0 Å². The molecule has 3 atom stereocenters. The van der Waals surface area contributed by atoms with E-state index < -0.39 is 22.4 Å². The first-order valence-corrected chi connectivity index (χ1v) is 10.5. The van der Waals surface area contributed by atoms with Crippen molar-refractivity contribution in [2.45, 2.75) is 57.0 Å². The van der Waals surface area contributed by atoms with Crippen LogP contribution in [0.15, 0.2) is 24.3 Å². The maximum atomic E-state index is 13.1. The lowest BCUT2D eigenvalue weighted by molar-refractivity contribution is -0.384. The lowest BCUT2D eigenvalue weighted by Crippen LogP contribution is -2.53. The number of carbonyl (C=O) groups excluding carboxylic acids is 3. The summed E-state index contributed by atoms with van der Waals surface area (Å²) in [4.78, 5) is 51.9. The summed E-state index contributed by atoms with van der Waals surface area (Å²) in [6, 6.07) is 5.10. The van der Waals surface area contributed by atoms with Gasteiger partial charge in [-0.25, -0.2) is 4.79 Å². The third-order valence-electron chi connectivity index (χ3n) is 6.79. The molecule has 0 spiro atoms. The summed E-state index contributed by atoms with van der Waals surface area (Å²) < 4.78 is 0. The molecular weight excluding hydrogens is 388 g/mol. The molecule has 9 heteroatoms. The van der Waals surface area contributed by atoms with E-state index in [1.54, 1.807) is 6.92 Å².